The number of rotatable bonds is 10. The molecule has 15 heteroatoms. The molecule has 2 aliphatic rings. The minimum Gasteiger partial charge on any atom is -0.497 e. The van der Waals surface area contributed by atoms with Gasteiger partial charge < -0.3 is 29.7 Å². The van der Waals surface area contributed by atoms with Crippen LogP contribution in [0.25, 0.3) is 0 Å². The molecule has 1 aromatic carbocycles. The van der Waals surface area contributed by atoms with Crippen LogP contribution < -0.4 is 20.5 Å². The number of ether oxygens (including phenoxy) is 2. The molecule has 242 valence electrons. The van der Waals surface area contributed by atoms with E-state index in [1.807, 2.05) is 31.2 Å². The largest absolute Gasteiger partial charge is 0.497 e. The lowest BCUT2D eigenvalue weighted by Crippen LogP contribution is -2.55. The van der Waals surface area contributed by atoms with Crippen LogP contribution in [0.2, 0.25) is 0 Å². The van der Waals surface area contributed by atoms with Crippen LogP contribution in [0.4, 0.5) is 24.8 Å². The summed E-state index contributed by atoms with van der Waals surface area (Å²) in [6.07, 6.45) is -2.24. The average Bonchev–Trinajstić information content (AvgIpc) is 3.39. The Kier molecular flexibility index (Phi) is 9.58. The molecule has 12 nitrogen and oxygen atoms in total. The molecule has 4 heterocycles. The van der Waals surface area contributed by atoms with Crippen molar-refractivity contribution < 1.29 is 32.5 Å². The molecule has 2 N–H and O–H groups in total. The first-order chi connectivity index (χ1) is 21.4. The number of aliphatic hydroxyl groups is 1. The van der Waals surface area contributed by atoms with Gasteiger partial charge in [0.25, 0.3) is 11.5 Å². The van der Waals surface area contributed by atoms with Crippen molar-refractivity contribution in [1.29, 1.82) is 0 Å². The summed E-state index contributed by atoms with van der Waals surface area (Å²) in [5, 5.41) is 18.4. The average molecular weight is 632 g/mol. The molecule has 0 spiro atoms. The first-order valence-corrected chi connectivity index (χ1v) is 14.6. The Morgan fingerprint density at radius 3 is 2.44 bits per heavy atom. The first kappa shape index (κ1) is 32.2. The van der Waals surface area contributed by atoms with Crippen LogP contribution in [0.5, 0.6) is 5.75 Å². The van der Waals surface area contributed by atoms with Crippen LogP contribution in [0.3, 0.4) is 0 Å². The highest BCUT2D eigenvalue weighted by molar-refractivity contribution is 5.83. The van der Waals surface area contributed by atoms with Crippen molar-refractivity contribution in [3.63, 3.8) is 0 Å². The van der Waals surface area contributed by atoms with Gasteiger partial charge in [-0.3, -0.25) is 9.59 Å². The van der Waals surface area contributed by atoms with Gasteiger partial charge >= 0.3 is 6.18 Å². The zero-order chi connectivity index (χ0) is 32.3. The van der Waals surface area contributed by atoms with Crippen molar-refractivity contribution in [2.24, 2.45) is 0 Å². The normalized spacial score (nSPS) is 21.2. The number of aromatic nitrogens is 4. The monoisotopic (exact) mass is 631 g/mol. The van der Waals surface area contributed by atoms with Gasteiger partial charge in [-0.1, -0.05) is 12.1 Å². The summed E-state index contributed by atoms with van der Waals surface area (Å²) in [6, 6.07) is 6.72. The Morgan fingerprint density at radius 2 is 1.80 bits per heavy atom. The highest BCUT2D eigenvalue weighted by Crippen LogP contribution is 2.30. The second kappa shape index (κ2) is 13.4. The minimum absolute atomic E-state index is 0.0819. The lowest BCUT2D eigenvalue weighted by atomic mass is 10.0. The summed E-state index contributed by atoms with van der Waals surface area (Å²) >= 11 is 0. The lowest BCUT2D eigenvalue weighted by molar-refractivity contribution is -0.141. The highest BCUT2D eigenvalue weighted by atomic mass is 19.4. The molecule has 2 aromatic heterocycles. The van der Waals surface area contributed by atoms with Crippen LogP contribution in [-0.2, 0) is 22.3 Å². The van der Waals surface area contributed by atoms with E-state index in [1.54, 1.807) is 30.0 Å². The number of nitrogens with one attached hydrogen (secondary N) is 1. The number of alkyl halides is 3. The van der Waals surface area contributed by atoms with Crippen molar-refractivity contribution in [2.75, 3.05) is 43.6 Å². The topological polar surface area (TPSA) is 135 Å². The summed E-state index contributed by atoms with van der Waals surface area (Å²) in [5.74, 6) is 0.603. The van der Waals surface area contributed by atoms with Crippen molar-refractivity contribution in [3.05, 3.63) is 69.9 Å². The third-order valence-electron chi connectivity index (χ3n) is 8.11. The number of nitrogens with zero attached hydrogens (tertiary/aromatic N) is 6. The smallest absolute Gasteiger partial charge is 0.419 e. The van der Waals surface area contributed by atoms with Crippen LogP contribution in [0, 0.1) is 6.92 Å². The highest BCUT2D eigenvalue weighted by Gasteiger charge is 2.42. The number of aliphatic hydroxyl groups excluding tert-OH is 1. The van der Waals surface area contributed by atoms with E-state index in [0.29, 0.717) is 43.7 Å². The molecule has 4 atom stereocenters. The number of likely N-dealkylation sites (tertiary alicyclic amines) is 1. The third kappa shape index (κ3) is 7.36. The molecule has 0 aliphatic carbocycles. The van der Waals surface area contributed by atoms with E-state index in [1.165, 1.54) is 4.68 Å². The fraction of sp³-hybridized carbons (Fsp3) is 0.500. The van der Waals surface area contributed by atoms with Gasteiger partial charge in [-0.2, -0.15) is 18.3 Å². The molecule has 0 unspecified atom stereocenters. The van der Waals surface area contributed by atoms with E-state index in [0.717, 1.165) is 23.7 Å². The lowest BCUT2D eigenvalue weighted by Gasteiger charge is -2.40. The van der Waals surface area contributed by atoms with E-state index in [2.05, 4.69) is 20.4 Å². The van der Waals surface area contributed by atoms with E-state index in [4.69, 9.17) is 9.47 Å². The van der Waals surface area contributed by atoms with Crippen molar-refractivity contribution in [1.82, 2.24) is 24.6 Å². The number of β-amino-alcohol motifs (C(OH)–C–C–N with tert-alkyl or cyclic N) is 1. The van der Waals surface area contributed by atoms with Gasteiger partial charge in [0.1, 0.15) is 11.9 Å². The van der Waals surface area contributed by atoms with Crippen molar-refractivity contribution in [2.45, 2.75) is 63.7 Å². The quantitative estimate of drug-likeness (QED) is 0.344. The number of carbonyl (C=O) groups excluding carboxylic acids is 1. The number of methoxy groups -OCH3 is 1. The van der Waals surface area contributed by atoms with Crippen molar-refractivity contribution in [3.8, 4) is 5.75 Å². The second-order valence-electron chi connectivity index (χ2n) is 11.3. The molecular weight excluding hydrogens is 595 g/mol. The van der Waals surface area contributed by atoms with Crippen LogP contribution in [-0.4, -0.2) is 93.3 Å². The number of hydrogen-bond acceptors (Lipinski definition) is 10. The van der Waals surface area contributed by atoms with Gasteiger partial charge in [0.15, 0.2) is 0 Å². The number of anilines is 2. The fourth-order valence-electron chi connectivity index (χ4n) is 5.57. The van der Waals surface area contributed by atoms with Gasteiger partial charge in [0, 0.05) is 50.1 Å². The molecule has 0 saturated carbocycles. The molecule has 0 bridgehead atoms. The summed E-state index contributed by atoms with van der Waals surface area (Å²) < 4.78 is 51.0. The summed E-state index contributed by atoms with van der Waals surface area (Å²) in [4.78, 5) is 37.0. The van der Waals surface area contributed by atoms with Crippen LogP contribution in [0.15, 0.2) is 47.7 Å². The van der Waals surface area contributed by atoms with Crippen LogP contribution in [0.1, 0.15) is 36.5 Å². The van der Waals surface area contributed by atoms with Gasteiger partial charge in [-0.05, 0) is 38.0 Å². The molecule has 5 rings (SSSR count). The molecule has 2 aliphatic heterocycles. The van der Waals surface area contributed by atoms with Gasteiger partial charge in [-0.25, -0.2) is 14.6 Å². The van der Waals surface area contributed by atoms with E-state index in [9.17, 15) is 27.9 Å². The third-order valence-corrected chi connectivity index (χ3v) is 8.11. The minimum atomic E-state index is -4.53. The SMILES string of the molecule is COc1ccc(Cn2ncc(N[C@@H](C)CO[C@@H]3CCN([C@H]4CCN(c5ncc(C(F)(F)F)cn5)C[C@H]4O)C3=O)c(C)c2=O)cc1. The summed E-state index contributed by atoms with van der Waals surface area (Å²) in [5.41, 5.74) is 0.831. The second-order valence-corrected chi connectivity index (χ2v) is 11.3. The summed E-state index contributed by atoms with van der Waals surface area (Å²) in [7, 11) is 1.59. The number of halogens is 3. The number of benzene rings is 1. The van der Waals surface area contributed by atoms with E-state index in [-0.39, 0.29) is 36.6 Å². The number of piperidine rings is 1. The first-order valence-electron chi connectivity index (χ1n) is 14.6. The molecule has 2 saturated heterocycles. The Bertz CT molecular complexity index is 1530. The zero-order valence-electron chi connectivity index (χ0n) is 25.2. The van der Waals surface area contributed by atoms with Gasteiger partial charge in [-0.15, -0.1) is 0 Å². The maximum atomic E-state index is 13.2. The number of amides is 1. The Labute approximate surface area is 257 Å². The predicted molar refractivity (Wildman–Crippen MR) is 158 cm³/mol. The summed E-state index contributed by atoms with van der Waals surface area (Å²) in [6.45, 7) is 4.99. The molecule has 45 heavy (non-hydrogen) atoms. The maximum absolute atomic E-state index is 13.2. The number of carbonyl (C=O) groups is 1. The Balaban J connectivity index is 1.11. The molecule has 3 aromatic rings. The number of hydrogen-bond donors (Lipinski definition) is 2. The van der Waals surface area contributed by atoms with Crippen molar-refractivity contribution >= 4 is 17.5 Å². The molecule has 2 fully saturated rings. The van der Waals surface area contributed by atoms with Gasteiger partial charge in [0.2, 0.25) is 5.95 Å². The predicted octanol–water partition coefficient (Wildman–Crippen LogP) is 2.48. The standard InChI is InChI=1S/C30H36F3N7O5/c1-18(37-23-14-36-40(27(42)19(23)2)15-20-4-6-22(44-3)7-5-20)17-45-26-9-11-39(28(26)43)24-8-10-38(16-25(24)41)29-34-12-21(13-35-29)30(31,32)33/h4-7,12-14,18,24-26,37,41H,8-11,15-17H2,1-3H3/t18-,24-,25+,26+/m0/s1. The molecule has 0 radical (unpaired) electrons. The van der Waals surface area contributed by atoms with Crippen LogP contribution >= 0.6 is 0 Å². The molecular formula is C30H36F3N7O5. The molecule has 1 amide bonds. The zero-order valence-corrected chi connectivity index (χ0v) is 25.2. The van der Waals surface area contributed by atoms with Gasteiger partial charge in [0.05, 0.1) is 49.9 Å². The van der Waals surface area contributed by atoms with E-state index >= 15 is 0 Å². The Morgan fingerprint density at radius 1 is 1.09 bits per heavy atom. The van der Waals surface area contributed by atoms with E-state index < -0.39 is 30.0 Å². The maximum Gasteiger partial charge on any atom is 0.419 e. The Hall–Kier alpha value is -4.24. The fourth-order valence-corrected chi connectivity index (χ4v) is 5.57.